The van der Waals surface area contributed by atoms with E-state index in [0.717, 1.165) is 18.4 Å². The molecule has 1 heterocycles. The van der Waals surface area contributed by atoms with E-state index in [4.69, 9.17) is 5.84 Å². The second kappa shape index (κ2) is 6.99. The number of hydrogen-bond donors (Lipinski definition) is 3. The fourth-order valence-electron chi connectivity index (χ4n) is 2.26. The smallest absolute Gasteiger partial charge is 0.148 e. The number of halogens is 1. The highest BCUT2D eigenvalue weighted by atomic mass is 19.1. The third kappa shape index (κ3) is 3.46. The molecule has 0 saturated carbocycles. The quantitative estimate of drug-likeness (QED) is 0.563. The minimum absolute atomic E-state index is 0.206. The van der Waals surface area contributed by atoms with Crippen LogP contribution in [0.1, 0.15) is 37.4 Å². The minimum Gasteiger partial charge on any atom is -0.363 e. The molecule has 1 atom stereocenters. The molecular formula is C15H20FN5. The summed E-state index contributed by atoms with van der Waals surface area (Å²) in [5.74, 6) is 6.52. The van der Waals surface area contributed by atoms with E-state index in [1.807, 2.05) is 13.0 Å². The standard InChI is InChI=1S/C15H20FN5/c1-3-6-12-14(18-9-19-15(12)21-17)20-10(2)11-7-4-5-8-13(11)16/h4-5,7-10H,3,6,17H2,1-2H3,(H2,18,19,20,21). The van der Waals surface area contributed by atoms with Gasteiger partial charge in [-0.1, -0.05) is 31.5 Å². The maximum absolute atomic E-state index is 13.8. The first-order chi connectivity index (χ1) is 10.2. The highest BCUT2D eigenvalue weighted by Crippen LogP contribution is 2.26. The van der Waals surface area contributed by atoms with Gasteiger partial charge in [-0.05, 0) is 19.4 Å². The molecule has 1 aromatic heterocycles. The van der Waals surface area contributed by atoms with Crippen molar-refractivity contribution in [2.75, 3.05) is 10.7 Å². The minimum atomic E-state index is -0.235. The van der Waals surface area contributed by atoms with Crippen LogP contribution in [-0.2, 0) is 6.42 Å². The Morgan fingerprint density at radius 3 is 2.62 bits per heavy atom. The summed E-state index contributed by atoms with van der Waals surface area (Å²) in [6.07, 6.45) is 3.16. The van der Waals surface area contributed by atoms with Crippen molar-refractivity contribution in [3.05, 3.63) is 47.5 Å². The molecule has 6 heteroatoms. The summed E-state index contributed by atoms with van der Waals surface area (Å²) in [4.78, 5) is 8.37. The second-order valence-corrected chi connectivity index (χ2v) is 4.83. The van der Waals surface area contributed by atoms with Gasteiger partial charge in [0.15, 0.2) is 0 Å². The third-order valence-electron chi connectivity index (χ3n) is 3.31. The molecule has 0 fully saturated rings. The van der Waals surface area contributed by atoms with Crippen LogP contribution in [0.5, 0.6) is 0 Å². The Balaban J connectivity index is 2.29. The highest BCUT2D eigenvalue weighted by Gasteiger charge is 2.15. The molecule has 112 valence electrons. The van der Waals surface area contributed by atoms with Crippen LogP contribution < -0.4 is 16.6 Å². The van der Waals surface area contributed by atoms with E-state index in [0.29, 0.717) is 17.2 Å². The molecule has 4 N–H and O–H groups in total. The van der Waals surface area contributed by atoms with Crippen LogP contribution >= 0.6 is 0 Å². The van der Waals surface area contributed by atoms with Crippen LogP contribution in [-0.4, -0.2) is 9.97 Å². The van der Waals surface area contributed by atoms with Crippen molar-refractivity contribution in [3.63, 3.8) is 0 Å². The average molecular weight is 289 g/mol. The molecule has 0 aliphatic heterocycles. The molecule has 2 rings (SSSR count). The molecule has 5 nitrogen and oxygen atoms in total. The maximum atomic E-state index is 13.8. The van der Waals surface area contributed by atoms with Gasteiger partial charge < -0.3 is 10.7 Å². The van der Waals surface area contributed by atoms with Crippen molar-refractivity contribution in [1.82, 2.24) is 9.97 Å². The number of nitrogens with one attached hydrogen (secondary N) is 2. The number of benzene rings is 1. The number of aromatic nitrogens is 2. The van der Waals surface area contributed by atoms with Gasteiger partial charge in [-0.25, -0.2) is 20.2 Å². The zero-order valence-corrected chi connectivity index (χ0v) is 12.2. The number of nitrogens with zero attached hydrogens (tertiary/aromatic N) is 2. The first-order valence-electron chi connectivity index (χ1n) is 6.98. The van der Waals surface area contributed by atoms with Crippen LogP contribution in [0.15, 0.2) is 30.6 Å². The molecule has 1 aromatic carbocycles. The Kier molecular flexibility index (Phi) is 5.05. The molecule has 0 aliphatic carbocycles. The number of hydrogen-bond acceptors (Lipinski definition) is 5. The molecule has 0 amide bonds. The summed E-state index contributed by atoms with van der Waals surface area (Å²) in [5, 5.41) is 3.24. The van der Waals surface area contributed by atoms with Gasteiger partial charge in [-0.3, -0.25) is 0 Å². The lowest BCUT2D eigenvalue weighted by molar-refractivity contribution is 0.600. The maximum Gasteiger partial charge on any atom is 0.148 e. The monoisotopic (exact) mass is 289 g/mol. The van der Waals surface area contributed by atoms with Crippen molar-refractivity contribution < 1.29 is 4.39 Å². The van der Waals surface area contributed by atoms with Crippen LogP contribution in [0.2, 0.25) is 0 Å². The molecule has 1 unspecified atom stereocenters. The largest absolute Gasteiger partial charge is 0.363 e. The molecule has 0 spiro atoms. The Hall–Kier alpha value is -2.21. The number of hydrazine groups is 1. The summed E-state index contributed by atoms with van der Waals surface area (Å²) in [6.45, 7) is 3.96. The number of nitrogens with two attached hydrogens (primary N) is 1. The Morgan fingerprint density at radius 2 is 1.95 bits per heavy atom. The summed E-state index contributed by atoms with van der Waals surface area (Å²) in [6, 6.07) is 6.50. The summed E-state index contributed by atoms with van der Waals surface area (Å²) < 4.78 is 13.8. The number of anilines is 2. The van der Waals surface area contributed by atoms with Gasteiger partial charge in [-0.15, -0.1) is 0 Å². The number of rotatable bonds is 6. The Bertz CT molecular complexity index is 602. The van der Waals surface area contributed by atoms with E-state index in [9.17, 15) is 4.39 Å². The summed E-state index contributed by atoms with van der Waals surface area (Å²) in [5.41, 5.74) is 4.09. The topological polar surface area (TPSA) is 75.9 Å². The van der Waals surface area contributed by atoms with Crippen molar-refractivity contribution in [1.29, 1.82) is 0 Å². The van der Waals surface area contributed by atoms with Gasteiger partial charge in [0.25, 0.3) is 0 Å². The summed E-state index contributed by atoms with van der Waals surface area (Å²) >= 11 is 0. The summed E-state index contributed by atoms with van der Waals surface area (Å²) in [7, 11) is 0. The average Bonchev–Trinajstić information content (AvgIpc) is 2.49. The van der Waals surface area contributed by atoms with E-state index in [1.54, 1.807) is 12.1 Å². The van der Waals surface area contributed by atoms with Gasteiger partial charge in [0.2, 0.25) is 0 Å². The predicted octanol–water partition coefficient (Wildman–Crippen LogP) is 3.03. The van der Waals surface area contributed by atoms with Crippen molar-refractivity contribution in [2.24, 2.45) is 5.84 Å². The van der Waals surface area contributed by atoms with Crippen LogP contribution in [0.3, 0.4) is 0 Å². The molecule has 2 aromatic rings. The molecule has 21 heavy (non-hydrogen) atoms. The Morgan fingerprint density at radius 1 is 1.24 bits per heavy atom. The molecule has 0 bridgehead atoms. The van der Waals surface area contributed by atoms with Crippen molar-refractivity contribution >= 4 is 11.6 Å². The predicted molar refractivity (Wildman–Crippen MR) is 82.3 cm³/mol. The van der Waals surface area contributed by atoms with E-state index in [-0.39, 0.29) is 11.9 Å². The fourth-order valence-corrected chi connectivity index (χ4v) is 2.26. The lowest BCUT2D eigenvalue weighted by Crippen LogP contribution is -2.16. The van der Waals surface area contributed by atoms with Gasteiger partial charge >= 0.3 is 0 Å². The first kappa shape index (κ1) is 15.2. The van der Waals surface area contributed by atoms with Gasteiger partial charge in [-0.2, -0.15) is 0 Å². The van der Waals surface area contributed by atoms with Crippen LogP contribution in [0.4, 0.5) is 16.0 Å². The fraction of sp³-hybridized carbons (Fsp3) is 0.333. The van der Waals surface area contributed by atoms with Gasteiger partial charge in [0.1, 0.15) is 23.8 Å². The molecule has 0 saturated heterocycles. The van der Waals surface area contributed by atoms with E-state index in [1.165, 1.54) is 12.4 Å². The number of nitrogen functional groups attached to an aromatic ring is 1. The Labute approximate surface area is 123 Å². The molecule has 0 radical (unpaired) electrons. The SMILES string of the molecule is CCCc1c(NN)ncnc1NC(C)c1ccccc1F. The van der Waals surface area contributed by atoms with Gasteiger partial charge in [0, 0.05) is 11.1 Å². The van der Waals surface area contributed by atoms with Crippen LogP contribution in [0, 0.1) is 5.82 Å². The van der Waals surface area contributed by atoms with E-state index < -0.39 is 0 Å². The third-order valence-corrected chi connectivity index (χ3v) is 3.31. The zero-order chi connectivity index (χ0) is 15.2. The van der Waals surface area contributed by atoms with E-state index in [2.05, 4.69) is 27.6 Å². The van der Waals surface area contributed by atoms with Crippen LogP contribution in [0.25, 0.3) is 0 Å². The van der Waals surface area contributed by atoms with Crippen molar-refractivity contribution in [3.8, 4) is 0 Å². The zero-order valence-electron chi connectivity index (χ0n) is 12.2. The molecule has 0 aliphatic rings. The normalized spacial score (nSPS) is 12.0. The lowest BCUT2D eigenvalue weighted by Gasteiger charge is -2.19. The first-order valence-corrected chi connectivity index (χ1v) is 6.98. The molecular weight excluding hydrogens is 269 g/mol. The second-order valence-electron chi connectivity index (χ2n) is 4.83. The van der Waals surface area contributed by atoms with E-state index >= 15 is 0 Å². The van der Waals surface area contributed by atoms with Gasteiger partial charge in [0.05, 0.1) is 6.04 Å². The van der Waals surface area contributed by atoms with Crippen molar-refractivity contribution in [2.45, 2.75) is 32.7 Å². The lowest BCUT2D eigenvalue weighted by atomic mass is 10.1. The highest BCUT2D eigenvalue weighted by molar-refractivity contribution is 5.57.